The number of aliphatic hydroxyl groups excluding tert-OH is 1. The lowest BCUT2D eigenvalue weighted by molar-refractivity contribution is -0.123. The standard InChI is InChI=1S/C11H15NO3/c1-3-15-10-7-5-4-6-9(10)12-11(14)8(2)13/h4-8,13H,3H2,1-2H3,(H,12,14). The van der Waals surface area contributed by atoms with E-state index in [9.17, 15) is 4.79 Å². The quantitative estimate of drug-likeness (QED) is 0.788. The molecule has 0 fully saturated rings. The van der Waals surface area contributed by atoms with Crippen molar-refractivity contribution in [3.05, 3.63) is 24.3 Å². The van der Waals surface area contributed by atoms with Gasteiger partial charge >= 0.3 is 0 Å². The van der Waals surface area contributed by atoms with Crippen LogP contribution in [0.1, 0.15) is 13.8 Å². The highest BCUT2D eigenvalue weighted by Gasteiger charge is 2.11. The maximum absolute atomic E-state index is 11.3. The van der Waals surface area contributed by atoms with Crippen LogP contribution in [-0.2, 0) is 4.79 Å². The van der Waals surface area contributed by atoms with E-state index in [0.717, 1.165) is 0 Å². The average molecular weight is 209 g/mol. The number of para-hydroxylation sites is 2. The third-order valence-corrected chi connectivity index (χ3v) is 1.82. The summed E-state index contributed by atoms with van der Waals surface area (Å²) in [6, 6.07) is 7.11. The lowest BCUT2D eigenvalue weighted by atomic mass is 10.2. The Hall–Kier alpha value is -1.55. The van der Waals surface area contributed by atoms with Crippen LogP contribution in [0.25, 0.3) is 0 Å². The predicted molar refractivity (Wildman–Crippen MR) is 57.9 cm³/mol. The fourth-order valence-electron chi connectivity index (χ4n) is 1.09. The van der Waals surface area contributed by atoms with Gasteiger partial charge in [-0.3, -0.25) is 4.79 Å². The maximum Gasteiger partial charge on any atom is 0.253 e. The van der Waals surface area contributed by atoms with Crippen LogP contribution in [0.3, 0.4) is 0 Å². The fraction of sp³-hybridized carbons (Fsp3) is 0.364. The smallest absolute Gasteiger partial charge is 0.253 e. The SMILES string of the molecule is CCOc1ccccc1NC(=O)C(C)O. The topological polar surface area (TPSA) is 58.6 Å². The van der Waals surface area contributed by atoms with Gasteiger partial charge in [0.2, 0.25) is 0 Å². The Balaban J connectivity index is 2.79. The minimum atomic E-state index is -1.03. The third kappa shape index (κ3) is 3.25. The zero-order valence-corrected chi connectivity index (χ0v) is 8.86. The zero-order chi connectivity index (χ0) is 11.3. The first-order valence-electron chi connectivity index (χ1n) is 4.86. The Bertz CT molecular complexity index is 336. The fourth-order valence-corrected chi connectivity index (χ4v) is 1.09. The van der Waals surface area contributed by atoms with Gasteiger partial charge in [-0.15, -0.1) is 0 Å². The van der Waals surface area contributed by atoms with Gasteiger partial charge in [0, 0.05) is 0 Å². The van der Waals surface area contributed by atoms with Gasteiger partial charge in [0.15, 0.2) is 0 Å². The minimum absolute atomic E-state index is 0.442. The van der Waals surface area contributed by atoms with E-state index in [2.05, 4.69) is 5.32 Å². The van der Waals surface area contributed by atoms with Crippen LogP contribution in [-0.4, -0.2) is 23.7 Å². The second kappa shape index (κ2) is 5.36. The van der Waals surface area contributed by atoms with E-state index in [4.69, 9.17) is 9.84 Å². The number of hydrogen-bond donors (Lipinski definition) is 2. The minimum Gasteiger partial charge on any atom is -0.492 e. The van der Waals surface area contributed by atoms with Crippen molar-refractivity contribution in [3.8, 4) is 5.75 Å². The molecule has 0 aromatic heterocycles. The van der Waals surface area contributed by atoms with Crippen molar-refractivity contribution in [1.82, 2.24) is 0 Å². The molecule has 1 aromatic carbocycles. The summed E-state index contributed by atoms with van der Waals surface area (Å²) < 4.78 is 5.32. The number of hydrogen-bond acceptors (Lipinski definition) is 3. The number of benzene rings is 1. The monoisotopic (exact) mass is 209 g/mol. The van der Waals surface area contributed by atoms with Crippen LogP contribution in [0.5, 0.6) is 5.75 Å². The van der Waals surface area contributed by atoms with Gasteiger partial charge in [0.05, 0.1) is 12.3 Å². The molecule has 4 heteroatoms. The lowest BCUT2D eigenvalue weighted by Gasteiger charge is -2.11. The molecule has 1 aromatic rings. The van der Waals surface area contributed by atoms with Crippen molar-refractivity contribution in [2.45, 2.75) is 20.0 Å². The molecule has 0 bridgehead atoms. The van der Waals surface area contributed by atoms with Crippen LogP contribution in [0, 0.1) is 0 Å². The highest BCUT2D eigenvalue weighted by atomic mass is 16.5. The first-order chi connectivity index (χ1) is 7.15. The highest BCUT2D eigenvalue weighted by molar-refractivity contribution is 5.94. The van der Waals surface area contributed by atoms with Gasteiger partial charge in [-0.25, -0.2) is 0 Å². The Morgan fingerprint density at radius 2 is 2.20 bits per heavy atom. The van der Waals surface area contributed by atoms with Gasteiger partial charge in [-0.05, 0) is 26.0 Å². The van der Waals surface area contributed by atoms with Gasteiger partial charge in [-0.1, -0.05) is 12.1 Å². The average Bonchev–Trinajstić information content (AvgIpc) is 2.21. The summed E-state index contributed by atoms with van der Waals surface area (Å²) in [7, 11) is 0. The largest absolute Gasteiger partial charge is 0.492 e. The molecular weight excluding hydrogens is 194 g/mol. The third-order valence-electron chi connectivity index (χ3n) is 1.82. The van der Waals surface area contributed by atoms with E-state index in [1.807, 2.05) is 13.0 Å². The first kappa shape index (κ1) is 11.5. The summed E-state index contributed by atoms with van der Waals surface area (Å²) in [5, 5.41) is 11.6. The Kier molecular flexibility index (Phi) is 4.12. The number of anilines is 1. The molecule has 82 valence electrons. The molecule has 0 radical (unpaired) electrons. The van der Waals surface area contributed by atoms with Crippen molar-refractivity contribution < 1.29 is 14.6 Å². The molecule has 15 heavy (non-hydrogen) atoms. The molecule has 0 spiro atoms. The molecule has 2 N–H and O–H groups in total. The summed E-state index contributed by atoms with van der Waals surface area (Å²) in [5.74, 6) is 0.163. The number of ether oxygens (including phenoxy) is 1. The van der Waals surface area contributed by atoms with Crippen molar-refractivity contribution >= 4 is 11.6 Å². The predicted octanol–water partition coefficient (Wildman–Crippen LogP) is 1.40. The molecule has 1 unspecified atom stereocenters. The van der Waals surface area contributed by atoms with Crippen LogP contribution < -0.4 is 10.1 Å². The molecule has 1 amide bonds. The number of carbonyl (C=O) groups excluding carboxylic acids is 1. The summed E-state index contributed by atoms with van der Waals surface area (Å²) in [6.45, 7) is 3.81. The van der Waals surface area contributed by atoms with Crippen LogP contribution in [0.4, 0.5) is 5.69 Å². The second-order valence-electron chi connectivity index (χ2n) is 3.09. The van der Waals surface area contributed by atoms with Crippen molar-refractivity contribution in [1.29, 1.82) is 0 Å². The van der Waals surface area contributed by atoms with Crippen LogP contribution in [0.2, 0.25) is 0 Å². The first-order valence-corrected chi connectivity index (χ1v) is 4.86. The number of carbonyl (C=O) groups is 1. The molecular formula is C11H15NO3. The summed E-state index contributed by atoms with van der Waals surface area (Å²) >= 11 is 0. The van der Waals surface area contributed by atoms with Crippen LogP contribution >= 0.6 is 0 Å². The molecule has 1 rings (SSSR count). The van der Waals surface area contributed by atoms with Gasteiger partial charge in [0.25, 0.3) is 5.91 Å². The van der Waals surface area contributed by atoms with Gasteiger partial charge in [0.1, 0.15) is 11.9 Å². The highest BCUT2D eigenvalue weighted by Crippen LogP contribution is 2.23. The number of aliphatic hydroxyl groups is 1. The molecule has 0 heterocycles. The second-order valence-corrected chi connectivity index (χ2v) is 3.09. The van der Waals surface area contributed by atoms with E-state index >= 15 is 0 Å². The summed E-state index contributed by atoms with van der Waals surface area (Å²) in [4.78, 5) is 11.3. The van der Waals surface area contributed by atoms with E-state index in [1.54, 1.807) is 18.2 Å². The van der Waals surface area contributed by atoms with E-state index in [-0.39, 0.29) is 0 Å². The summed E-state index contributed by atoms with van der Waals surface area (Å²) in [6.07, 6.45) is -1.03. The van der Waals surface area contributed by atoms with Gasteiger partial charge < -0.3 is 15.2 Å². The van der Waals surface area contributed by atoms with Gasteiger partial charge in [-0.2, -0.15) is 0 Å². The number of amides is 1. The van der Waals surface area contributed by atoms with E-state index < -0.39 is 12.0 Å². The number of rotatable bonds is 4. The molecule has 1 atom stereocenters. The van der Waals surface area contributed by atoms with Crippen molar-refractivity contribution in [2.24, 2.45) is 0 Å². The molecule has 0 saturated heterocycles. The van der Waals surface area contributed by atoms with Crippen molar-refractivity contribution in [2.75, 3.05) is 11.9 Å². The van der Waals surface area contributed by atoms with E-state index in [1.165, 1.54) is 6.92 Å². The normalized spacial score (nSPS) is 11.9. The zero-order valence-electron chi connectivity index (χ0n) is 8.86. The Morgan fingerprint density at radius 3 is 2.80 bits per heavy atom. The van der Waals surface area contributed by atoms with E-state index in [0.29, 0.717) is 18.0 Å². The lowest BCUT2D eigenvalue weighted by Crippen LogP contribution is -2.24. The Labute approximate surface area is 88.9 Å². The Morgan fingerprint density at radius 1 is 1.53 bits per heavy atom. The molecule has 0 aliphatic heterocycles. The van der Waals surface area contributed by atoms with Crippen molar-refractivity contribution in [3.63, 3.8) is 0 Å². The van der Waals surface area contributed by atoms with Crippen LogP contribution in [0.15, 0.2) is 24.3 Å². The molecule has 0 saturated carbocycles. The molecule has 4 nitrogen and oxygen atoms in total. The molecule has 0 aliphatic carbocycles. The molecule has 0 aliphatic rings. The number of nitrogens with one attached hydrogen (secondary N) is 1. The maximum atomic E-state index is 11.3. The summed E-state index contributed by atoms with van der Waals surface area (Å²) in [5.41, 5.74) is 0.574.